The fourth-order valence-corrected chi connectivity index (χ4v) is 2.19. The van der Waals surface area contributed by atoms with Crippen LogP contribution in [0.25, 0.3) is 0 Å². The van der Waals surface area contributed by atoms with E-state index >= 15 is 0 Å². The average Bonchev–Trinajstić information content (AvgIpc) is 2.43. The quantitative estimate of drug-likeness (QED) is 0.808. The third kappa shape index (κ3) is 5.01. The maximum Gasteiger partial charge on any atom is 0.139 e. The lowest BCUT2D eigenvalue weighted by molar-refractivity contribution is 0.549. The number of hydrogen-bond acceptors (Lipinski definition) is 3. The zero-order chi connectivity index (χ0) is 14.1. The van der Waals surface area contributed by atoms with E-state index in [4.69, 9.17) is 4.78 Å². The van der Waals surface area contributed by atoms with Gasteiger partial charge in [0.2, 0.25) is 0 Å². The molecular formula is C14H15FN2OS. The number of pyridine rings is 1. The first kappa shape index (κ1) is 15.0. The van der Waals surface area contributed by atoms with Gasteiger partial charge in [0.25, 0.3) is 0 Å². The highest BCUT2D eigenvalue weighted by Crippen LogP contribution is 2.11. The zero-order valence-corrected chi connectivity index (χ0v) is 11.1. The van der Waals surface area contributed by atoms with E-state index < -0.39 is 16.4 Å². The number of halogens is 1. The molecule has 0 aromatic carbocycles. The van der Waals surface area contributed by atoms with E-state index in [1.54, 1.807) is 30.4 Å². The van der Waals surface area contributed by atoms with E-state index in [1.165, 1.54) is 29.8 Å². The predicted octanol–water partition coefficient (Wildman–Crippen LogP) is 3.64. The van der Waals surface area contributed by atoms with Crippen molar-refractivity contribution >= 4 is 9.73 Å². The second-order valence-electron chi connectivity index (χ2n) is 3.57. The van der Waals surface area contributed by atoms with Crippen LogP contribution in [-0.4, -0.2) is 15.9 Å². The van der Waals surface area contributed by atoms with E-state index in [0.29, 0.717) is 5.57 Å². The molecule has 0 aliphatic rings. The molecule has 0 fully saturated rings. The Labute approximate surface area is 112 Å². The fraction of sp³-hybridized carbons (Fsp3) is 0.0714. The van der Waals surface area contributed by atoms with Gasteiger partial charge in [-0.05, 0) is 23.8 Å². The van der Waals surface area contributed by atoms with Crippen LogP contribution in [0.1, 0.15) is 0 Å². The molecule has 1 N–H and O–H groups in total. The lowest BCUT2D eigenvalue weighted by Crippen LogP contribution is -1.97. The van der Waals surface area contributed by atoms with Crippen molar-refractivity contribution in [3.8, 4) is 0 Å². The molecule has 1 heterocycles. The Bertz CT molecular complexity index is 602. The summed E-state index contributed by atoms with van der Waals surface area (Å²) in [5.41, 5.74) is 0.328. The van der Waals surface area contributed by atoms with Gasteiger partial charge in [0.05, 0.1) is 0 Å². The molecule has 5 heteroatoms. The molecule has 3 nitrogen and oxygen atoms in total. The number of aromatic nitrogens is 1. The van der Waals surface area contributed by atoms with Gasteiger partial charge in [-0.2, -0.15) is 0 Å². The van der Waals surface area contributed by atoms with Crippen LogP contribution in [0.2, 0.25) is 0 Å². The number of nitrogens with one attached hydrogen (secondary N) is 1. The van der Waals surface area contributed by atoms with Gasteiger partial charge in [-0.3, -0.25) is 0 Å². The third-order valence-corrected chi connectivity index (χ3v) is 3.52. The maximum absolute atomic E-state index is 12.7. The fourth-order valence-electron chi connectivity index (χ4n) is 1.18. The molecule has 0 saturated heterocycles. The minimum Gasteiger partial charge on any atom is -0.246 e. The standard InChI is InChI=1S/C14H15FN2OS/c1-2-3-4-7-13(12-15)9-11-19(16,18)14-8-5-6-10-17-14/h2-11,16H,1,12H2/b4-3-,11-9+,13-7-. The molecule has 1 aromatic heterocycles. The van der Waals surface area contributed by atoms with Crippen LogP contribution in [0, 0.1) is 4.78 Å². The molecule has 0 saturated carbocycles. The molecule has 1 aromatic rings. The van der Waals surface area contributed by atoms with E-state index in [2.05, 4.69) is 11.6 Å². The molecule has 19 heavy (non-hydrogen) atoms. The summed E-state index contributed by atoms with van der Waals surface area (Å²) in [6.07, 6.45) is 9.19. The van der Waals surface area contributed by atoms with Gasteiger partial charge in [-0.15, -0.1) is 0 Å². The highest BCUT2D eigenvalue weighted by Gasteiger charge is 2.06. The van der Waals surface area contributed by atoms with Gasteiger partial charge in [-0.25, -0.2) is 18.4 Å². The monoisotopic (exact) mass is 278 g/mol. The van der Waals surface area contributed by atoms with Gasteiger partial charge in [0, 0.05) is 11.6 Å². The summed E-state index contributed by atoms with van der Waals surface area (Å²) >= 11 is 0. The van der Waals surface area contributed by atoms with Crippen LogP contribution in [0.4, 0.5) is 4.39 Å². The van der Waals surface area contributed by atoms with Crippen molar-refractivity contribution in [2.75, 3.05) is 6.67 Å². The van der Waals surface area contributed by atoms with Crippen LogP contribution >= 0.6 is 0 Å². The lowest BCUT2D eigenvalue weighted by Gasteiger charge is -2.00. The van der Waals surface area contributed by atoms with Gasteiger partial charge in [0.15, 0.2) is 0 Å². The summed E-state index contributed by atoms with van der Waals surface area (Å²) in [4.78, 5) is 3.87. The van der Waals surface area contributed by atoms with E-state index in [1.807, 2.05) is 0 Å². The number of alkyl halides is 1. The molecule has 0 bridgehead atoms. The minimum atomic E-state index is -3.14. The predicted molar refractivity (Wildman–Crippen MR) is 75.9 cm³/mol. The highest BCUT2D eigenvalue weighted by atomic mass is 32.2. The Balaban J connectivity index is 2.94. The molecule has 0 amide bonds. The largest absolute Gasteiger partial charge is 0.246 e. The summed E-state index contributed by atoms with van der Waals surface area (Å²) in [6.45, 7) is 2.80. The summed E-state index contributed by atoms with van der Waals surface area (Å²) in [5.74, 6) is 0. The Morgan fingerprint density at radius 3 is 2.84 bits per heavy atom. The molecule has 0 spiro atoms. The van der Waals surface area contributed by atoms with Crippen molar-refractivity contribution in [3.05, 3.63) is 72.3 Å². The molecule has 100 valence electrons. The Kier molecular flexibility index (Phi) is 5.89. The Hall–Kier alpha value is -2.01. The van der Waals surface area contributed by atoms with Crippen LogP contribution in [0.15, 0.2) is 77.4 Å². The van der Waals surface area contributed by atoms with E-state index in [0.717, 1.165) is 0 Å². The first-order valence-electron chi connectivity index (χ1n) is 5.52. The van der Waals surface area contributed by atoms with Crippen molar-refractivity contribution in [2.24, 2.45) is 0 Å². The zero-order valence-electron chi connectivity index (χ0n) is 10.3. The summed E-state index contributed by atoms with van der Waals surface area (Å²) in [5, 5.41) is 1.33. The minimum absolute atomic E-state index is 0.158. The van der Waals surface area contributed by atoms with E-state index in [-0.39, 0.29) is 5.03 Å². The van der Waals surface area contributed by atoms with Gasteiger partial charge in [0.1, 0.15) is 21.4 Å². The second kappa shape index (κ2) is 7.43. The van der Waals surface area contributed by atoms with Crippen LogP contribution in [0.3, 0.4) is 0 Å². The Morgan fingerprint density at radius 1 is 1.47 bits per heavy atom. The van der Waals surface area contributed by atoms with Crippen molar-refractivity contribution in [3.63, 3.8) is 0 Å². The molecule has 1 unspecified atom stereocenters. The summed E-state index contributed by atoms with van der Waals surface area (Å²) < 4.78 is 32.5. The molecule has 0 aliphatic carbocycles. The van der Waals surface area contributed by atoms with Crippen molar-refractivity contribution in [1.29, 1.82) is 4.78 Å². The van der Waals surface area contributed by atoms with Crippen LogP contribution in [0.5, 0.6) is 0 Å². The topological polar surface area (TPSA) is 53.8 Å². The van der Waals surface area contributed by atoms with Crippen LogP contribution in [-0.2, 0) is 9.73 Å². The van der Waals surface area contributed by atoms with Gasteiger partial charge in [-0.1, -0.05) is 36.9 Å². The van der Waals surface area contributed by atoms with Crippen molar-refractivity contribution in [1.82, 2.24) is 4.98 Å². The molecule has 0 radical (unpaired) electrons. The number of rotatable bonds is 6. The van der Waals surface area contributed by atoms with Crippen molar-refractivity contribution in [2.45, 2.75) is 5.03 Å². The van der Waals surface area contributed by atoms with Crippen molar-refractivity contribution < 1.29 is 8.60 Å². The van der Waals surface area contributed by atoms with Gasteiger partial charge < -0.3 is 0 Å². The van der Waals surface area contributed by atoms with Crippen LogP contribution < -0.4 is 0 Å². The molecule has 1 atom stereocenters. The third-order valence-electron chi connectivity index (χ3n) is 2.13. The molecular weight excluding hydrogens is 263 g/mol. The Morgan fingerprint density at radius 2 is 2.26 bits per heavy atom. The van der Waals surface area contributed by atoms with E-state index in [9.17, 15) is 8.60 Å². The maximum atomic E-state index is 12.7. The summed E-state index contributed by atoms with van der Waals surface area (Å²) in [7, 11) is -3.14. The number of allylic oxidation sites excluding steroid dienone is 6. The normalized spacial score (nSPS) is 15.7. The first-order chi connectivity index (χ1) is 9.10. The molecule has 1 rings (SSSR count). The SMILES string of the molecule is C=C\C=C/C=C(/C=C/S(=N)(=O)c1ccccn1)CF. The summed E-state index contributed by atoms with van der Waals surface area (Å²) in [6, 6.07) is 4.84. The lowest BCUT2D eigenvalue weighted by atomic mass is 10.2. The average molecular weight is 278 g/mol. The smallest absolute Gasteiger partial charge is 0.139 e. The number of hydrogen-bond donors (Lipinski definition) is 1. The van der Waals surface area contributed by atoms with Gasteiger partial charge >= 0.3 is 0 Å². The molecule has 0 aliphatic heterocycles. The second-order valence-corrected chi connectivity index (χ2v) is 5.46. The highest BCUT2D eigenvalue weighted by molar-refractivity contribution is 7.95. The number of nitrogens with zero attached hydrogens (tertiary/aromatic N) is 1. The first-order valence-corrected chi connectivity index (χ1v) is 7.14.